The maximum Gasteiger partial charge on any atom is 0.247 e. The summed E-state index contributed by atoms with van der Waals surface area (Å²) in [5.74, 6) is 1.20. The maximum atomic E-state index is 13.9. The van der Waals surface area contributed by atoms with Gasteiger partial charge in [-0.15, -0.1) is 10.2 Å². The van der Waals surface area contributed by atoms with Gasteiger partial charge in [-0.05, 0) is 67.6 Å². The van der Waals surface area contributed by atoms with Crippen molar-refractivity contribution < 1.29 is 19.1 Å². The molecule has 3 aromatic rings. The lowest BCUT2D eigenvalue weighted by molar-refractivity contribution is -0.145. The summed E-state index contributed by atoms with van der Waals surface area (Å²) in [6.07, 6.45) is 8.87. The number of tetrazole rings is 1. The maximum absolute atomic E-state index is 13.9. The number of nitrogens with one attached hydrogen (secondary N) is 1. The van der Waals surface area contributed by atoms with E-state index in [0.717, 1.165) is 63.5 Å². The Morgan fingerprint density at radius 2 is 1.76 bits per heavy atom. The third-order valence-corrected chi connectivity index (χ3v) is 7.38. The quantitative estimate of drug-likeness (QED) is 0.474. The molecule has 2 aliphatic carbocycles. The van der Waals surface area contributed by atoms with Gasteiger partial charge < -0.3 is 19.7 Å². The highest BCUT2D eigenvalue weighted by Crippen LogP contribution is 2.32. The zero-order chi connectivity index (χ0) is 25.8. The minimum Gasteiger partial charge on any atom is -0.508 e. The van der Waals surface area contributed by atoms with Gasteiger partial charge in [0.15, 0.2) is 5.76 Å². The molecule has 0 bridgehead atoms. The highest BCUT2D eigenvalue weighted by Gasteiger charge is 2.38. The Bertz CT molecular complexity index is 1210. The lowest BCUT2D eigenvalue weighted by atomic mass is 9.91. The Kier molecular flexibility index (Phi) is 7.52. The van der Waals surface area contributed by atoms with E-state index in [1.165, 1.54) is 4.80 Å². The van der Waals surface area contributed by atoms with Crippen LogP contribution in [0.5, 0.6) is 5.75 Å². The molecule has 0 aliphatic heterocycles. The molecule has 2 aromatic heterocycles. The fourth-order valence-electron chi connectivity index (χ4n) is 5.53. The molecule has 5 rings (SSSR count). The highest BCUT2D eigenvalue weighted by molar-refractivity contribution is 5.89. The molecule has 0 spiro atoms. The van der Waals surface area contributed by atoms with Gasteiger partial charge >= 0.3 is 0 Å². The van der Waals surface area contributed by atoms with Crippen molar-refractivity contribution in [3.05, 3.63) is 47.7 Å². The molecule has 0 radical (unpaired) electrons. The van der Waals surface area contributed by atoms with E-state index in [9.17, 15) is 14.7 Å². The van der Waals surface area contributed by atoms with E-state index in [1.807, 2.05) is 13.0 Å². The van der Waals surface area contributed by atoms with Crippen LogP contribution in [0.1, 0.15) is 75.2 Å². The van der Waals surface area contributed by atoms with E-state index in [4.69, 9.17) is 4.42 Å². The van der Waals surface area contributed by atoms with Gasteiger partial charge in [-0.2, -0.15) is 4.80 Å². The fourth-order valence-corrected chi connectivity index (χ4v) is 5.53. The number of furan rings is 1. The van der Waals surface area contributed by atoms with Gasteiger partial charge in [-0.1, -0.05) is 44.2 Å². The Hall–Kier alpha value is -3.69. The molecule has 2 amide bonds. The molecule has 37 heavy (non-hydrogen) atoms. The molecule has 2 heterocycles. The second-order valence-electron chi connectivity index (χ2n) is 10.1. The average Bonchev–Trinajstić information content (AvgIpc) is 3.66. The van der Waals surface area contributed by atoms with Crippen LogP contribution in [-0.2, 0) is 16.1 Å². The van der Waals surface area contributed by atoms with E-state index in [2.05, 4.69) is 20.7 Å². The summed E-state index contributed by atoms with van der Waals surface area (Å²) in [6.45, 7) is 1.69. The SMILES string of the molecule is Cc1ccc(-c2nnn(CC(=O)N(C3CCCCC3)C(C(=O)NC3CCCC3)c3ccc(O)cc3)n2)o1. The number of hydrogen-bond acceptors (Lipinski definition) is 7. The zero-order valence-electron chi connectivity index (χ0n) is 21.2. The fraction of sp³-hybridized carbons (Fsp3) is 0.519. The molecular weight excluding hydrogens is 472 g/mol. The van der Waals surface area contributed by atoms with Crippen LogP contribution >= 0.6 is 0 Å². The van der Waals surface area contributed by atoms with Crippen molar-refractivity contribution in [2.24, 2.45) is 0 Å². The van der Waals surface area contributed by atoms with Crippen molar-refractivity contribution in [1.29, 1.82) is 0 Å². The van der Waals surface area contributed by atoms with Crippen LogP contribution in [0.15, 0.2) is 40.8 Å². The van der Waals surface area contributed by atoms with E-state index in [-0.39, 0.29) is 36.2 Å². The highest BCUT2D eigenvalue weighted by atomic mass is 16.3. The number of rotatable bonds is 8. The third kappa shape index (κ3) is 5.84. The normalized spacial score (nSPS) is 17.5. The summed E-state index contributed by atoms with van der Waals surface area (Å²) in [5.41, 5.74) is 0.672. The molecule has 0 saturated heterocycles. The minimum absolute atomic E-state index is 0.0786. The van der Waals surface area contributed by atoms with Crippen LogP contribution in [0, 0.1) is 6.92 Å². The van der Waals surface area contributed by atoms with Crippen LogP contribution in [0.4, 0.5) is 0 Å². The lowest BCUT2D eigenvalue weighted by Gasteiger charge is -2.40. The molecule has 196 valence electrons. The molecule has 10 heteroatoms. The van der Waals surface area contributed by atoms with Crippen LogP contribution < -0.4 is 5.32 Å². The number of hydrogen-bond donors (Lipinski definition) is 2. The molecule has 10 nitrogen and oxygen atoms in total. The van der Waals surface area contributed by atoms with Gasteiger partial charge in [0.1, 0.15) is 24.1 Å². The first-order valence-electron chi connectivity index (χ1n) is 13.2. The number of aromatic hydroxyl groups is 1. The van der Waals surface area contributed by atoms with Gasteiger partial charge in [0.25, 0.3) is 0 Å². The first-order chi connectivity index (χ1) is 18.0. The van der Waals surface area contributed by atoms with Gasteiger partial charge in [-0.3, -0.25) is 9.59 Å². The van der Waals surface area contributed by atoms with Crippen molar-refractivity contribution >= 4 is 11.8 Å². The van der Waals surface area contributed by atoms with Crippen molar-refractivity contribution in [1.82, 2.24) is 30.4 Å². The van der Waals surface area contributed by atoms with Crippen molar-refractivity contribution in [3.63, 3.8) is 0 Å². The summed E-state index contributed by atoms with van der Waals surface area (Å²) in [6, 6.07) is 9.38. The molecule has 1 atom stereocenters. The number of phenols is 1. The molecule has 2 fully saturated rings. The molecular formula is C27H34N6O4. The van der Waals surface area contributed by atoms with Crippen LogP contribution in [-0.4, -0.2) is 54.1 Å². The topological polar surface area (TPSA) is 126 Å². The second-order valence-corrected chi connectivity index (χ2v) is 10.1. The van der Waals surface area contributed by atoms with Gasteiger partial charge in [0.05, 0.1) is 0 Å². The largest absolute Gasteiger partial charge is 0.508 e. The summed E-state index contributed by atoms with van der Waals surface area (Å²) in [7, 11) is 0. The zero-order valence-corrected chi connectivity index (χ0v) is 21.2. The van der Waals surface area contributed by atoms with Crippen molar-refractivity contribution in [3.8, 4) is 17.3 Å². The standard InChI is InChI=1S/C27H34N6O4/c1-18-11-16-23(37-18)26-29-31-32(30-26)17-24(35)33(21-9-3-2-4-10-21)25(19-12-14-22(34)15-13-19)27(36)28-20-7-5-6-8-20/h11-16,20-21,25,34H,2-10,17H2,1H3,(H,28,36). The number of benzene rings is 1. The predicted molar refractivity (Wildman–Crippen MR) is 135 cm³/mol. The number of phenolic OH excluding ortho intramolecular Hbond substituents is 1. The van der Waals surface area contributed by atoms with E-state index >= 15 is 0 Å². The second kappa shape index (κ2) is 11.1. The molecule has 2 aliphatic rings. The average molecular weight is 507 g/mol. The Labute approximate surface area is 216 Å². The monoisotopic (exact) mass is 506 g/mol. The van der Waals surface area contributed by atoms with E-state index in [1.54, 1.807) is 35.2 Å². The summed E-state index contributed by atoms with van der Waals surface area (Å²) in [5, 5.41) is 25.6. The van der Waals surface area contributed by atoms with Gasteiger partial charge in [0.2, 0.25) is 17.6 Å². The number of nitrogens with zero attached hydrogens (tertiary/aromatic N) is 5. The third-order valence-electron chi connectivity index (χ3n) is 7.38. The molecule has 2 saturated carbocycles. The van der Waals surface area contributed by atoms with E-state index in [0.29, 0.717) is 17.1 Å². The molecule has 1 unspecified atom stereocenters. The smallest absolute Gasteiger partial charge is 0.247 e. The van der Waals surface area contributed by atoms with Gasteiger partial charge in [-0.25, -0.2) is 0 Å². The first-order valence-corrected chi connectivity index (χ1v) is 13.2. The van der Waals surface area contributed by atoms with Crippen molar-refractivity contribution in [2.45, 2.75) is 89.4 Å². The number of aryl methyl sites for hydroxylation is 1. The predicted octanol–water partition coefficient (Wildman–Crippen LogP) is 3.91. The van der Waals surface area contributed by atoms with Crippen LogP contribution in [0.3, 0.4) is 0 Å². The number of amides is 2. The Morgan fingerprint density at radius 3 is 2.43 bits per heavy atom. The molecule has 1 aromatic carbocycles. The summed E-state index contributed by atoms with van der Waals surface area (Å²) in [4.78, 5) is 30.7. The van der Waals surface area contributed by atoms with Crippen LogP contribution in [0.2, 0.25) is 0 Å². The lowest BCUT2D eigenvalue weighted by Crippen LogP contribution is -2.51. The number of carbonyl (C=O) groups is 2. The number of aromatic nitrogens is 4. The minimum atomic E-state index is -0.812. The molecule has 2 N–H and O–H groups in total. The van der Waals surface area contributed by atoms with E-state index < -0.39 is 6.04 Å². The Balaban J connectivity index is 1.45. The first kappa shape index (κ1) is 25.0. The van der Waals surface area contributed by atoms with Crippen molar-refractivity contribution in [2.75, 3.05) is 0 Å². The van der Waals surface area contributed by atoms with Gasteiger partial charge in [0, 0.05) is 12.1 Å². The van der Waals surface area contributed by atoms with Crippen LogP contribution in [0.25, 0.3) is 11.6 Å². The summed E-state index contributed by atoms with van der Waals surface area (Å²) >= 11 is 0. The Morgan fingerprint density at radius 1 is 1.05 bits per heavy atom. The number of carbonyl (C=O) groups excluding carboxylic acids is 2. The summed E-state index contributed by atoms with van der Waals surface area (Å²) < 4.78 is 5.58.